The first-order chi connectivity index (χ1) is 6.13. The van der Waals surface area contributed by atoms with Crippen molar-refractivity contribution in [3.63, 3.8) is 0 Å². The summed E-state index contributed by atoms with van der Waals surface area (Å²) in [5, 5.41) is 8.64. The number of nitrogens with zero attached hydrogens (tertiary/aromatic N) is 1. The molecule has 0 unspecified atom stereocenters. The number of amides is 1. The van der Waals surface area contributed by atoms with Crippen LogP contribution in [0.2, 0.25) is 0 Å². The Kier molecular flexibility index (Phi) is 7.00. The van der Waals surface area contributed by atoms with Crippen molar-refractivity contribution in [3.05, 3.63) is 0 Å². The minimum atomic E-state index is 0.0680. The van der Waals surface area contributed by atoms with E-state index in [1.807, 2.05) is 13.8 Å². The monoisotopic (exact) mass is 207 g/mol. The molecule has 0 radical (unpaired) electrons. The first-order valence-electron chi connectivity index (χ1n) is 4.59. The summed E-state index contributed by atoms with van der Waals surface area (Å²) in [6, 6.07) is 0.183. The van der Waals surface area contributed by atoms with E-state index in [1.165, 1.54) is 0 Å². The Morgan fingerprint density at radius 3 is 2.54 bits per heavy atom. The lowest BCUT2D eigenvalue weighted by Crippen LogP contribution is -2.38. The van der Waals surface area contributed by atoms with E-state index < -0.39 is 0 Å². The van der Waals surface area contributed by atoms with Gasteiger partial charge < -0.3 is 10.0 Å². The first kappa shape index (κ1) is 12.7. The van der Waals surface area contributed by atoms with Crippen LogP contribution in [-0.4, -0.2) is 41.0 Å². The van der Waals surface area contributed by atoms with Crippen molar-refractivity contribution in [1.29, 1.82) is 0 Å². The van der Waals surface area contributed by atoms with Gasteiger partial charge in [-0.2, -0.15) is 0 Å². The molecule has 0 fully saturated rings. The largest absolute Gasteiger partial charge is 0.396 e. The van der Waals surface area contributed by atoms with Gasteiger partial charge >= 0.3 is 0 Å². The van der Waals surface area contributed by atoms with Gasteiger partial charge in [0.1, 0.15) is 0 Å². The van der Waals surface area contributed by atoms with E-state index in [2.05, 4.69) is 0 Å². The van der Waals surface area contributed by atoms with Gasteiger partial charge in [0.25, 0.3) is 0 Å². The average molecular weight is 208 g/mol. The van der Waals surface area contributed by atoms with Crippen molar-refractivity contribution in [2.24, 2.45) is 0 Å². The van der Waals surface area contributed by atoms with Crippen LogP contribution in [0.4, 0.5) is 0 Å². The maximum absolute atomic E-state index is 11.5. The highest BCUT2D eigenvalue weighted by atomic mass is 35.5. The molecule has 13 heavy (non-hydrogen) atoms. The molecule has 0 aliphatic heterocycles. The van der Waals surface area contributed by atoms with Gasteiger partial charge in [-0.15, -0.1) is 11.6 Å². The molecule has 3 nitrogen and oxygen atoms in total. The van der Waals surface area contributed by atoms with Crippen LogP contribution in [0, 0.1) is 0 Å². The van der Waals surface area contributed by atoms with Crippen LogP contribution < -0.4 is 0 Å². The fourth-order valence-electron chi connectivity index (χ4n) is 1.14. The van der Waals surface area contributed by atoms with Gasteiger partial charge in [-0.1, -0.05) is 0 Å². The number of alkyl halides is 1. The number of carbonyl (C=O) groups excluding carboxylic acids is 1. The number of halogens is 1. The van der Waals surface area contributed by atoms with Crippen molar-refractivity contribution >= 4 is 17.5 Å². The zero-order chi connectivity index (χ0) is 10.3. The van der Waals surface area contributed by atoms with Crippen LogP contribution in [0.15, 0.2) is 0 Å². The van der Waals surface area contributed by atoms with Crippen LogP contribution in [-0.2, 0) is 4.79 Å². The Bertz CT molecular complexity index is 151. The molecular formula is C9H18ClNO2. The molecule has 0 aromatic carbocycles. The quantitative estimate of drug-likeness (QED) is 0.666. The summed E-state index contributed by atoms with van der Waals surface area (Å²) in [5.74, 6) is 0.430. The summed E-state index contributed by atoms with van der Waals surface area (Å²) >= 11 is 5.48. The third kappa shape index (κ3) is 5.11. The summed E-state index contributed by atoms with van der Waals surface area (Å²) in [7, 11) is 0. The van der Waals surface area contributed by atoms with Gasteiger partial charge in [-0.25, -0.2) is 0 Å². The van der Waals surface area contributed by atoms with E-state index in [4.69, 9.17) is 16.7 Å². The average Bonchev–Trinajstić information content (AvgIpc) is 2.05. The fourth-order valence-corrected chi connectivity index (χ4v) is 1.30. The molecule has 0 heterocycles. The number of rotatable bonds is 6. The zero-order valence-corrected chi connectivity index (χ0v) is 9.05. The zero-order valence-electron chi connectivity index (χ0n) is 8.29. The Balaban J connectivity index is 3.99. The lowest BCUT2D eigenvalue weighted by molar-refractivity contribution is -0.132. The molecule has 0 atom stereocenters. The van der Waals surface area contributed by atoms with E-state index in [9.17, 15) is 4.79 Å². The predicted molar refractivity (Wildman–Crippen MR) is 53.9 cm³/mol. The SMILES string of the molecule is CC(C)N(CCCO)C(=O)CCCl. The van der Waals surface area contributed by atoms with Gasteiger partial charge in [0, 0.05) is 31.5 Å². The number of hydrogen-bond donors (Lipinski definition) is 1. The third-order valence-corrected chi connectivity index (χ3v) is 2.00. The van der Waals surface area contributed by atoms with Crippen molar-refractivity contribution < 1.29 is 9.90 Å². The van der Waals surface area contributed by atoms with Crippen molar-refractivity contribution in [2.75, 3.05) is 19.0 Å². The van der Waals surface area contributed by atoms with E-state index >= 15 is 0 Å². The van der Waals surface area contributed by atoms with Crippen LogP contribution >= 0.6 is 11.6 Å². The molecule has 0 aromatic heterocycles. The number of carbonyl (C=O) groups is 1. The molecule has 4 heteroatoms. The number of hydrogen-bond acceptors (Lipinski definition) is 2. The van der Waals surface area contributed by atoms with Crippen molar-refractivity contribution in [2.45, 2.75) is 32.7 Å². The maximum Gasteiger partial charge on any atom is 0.223 e. The first-order valence-corrected chi connectivity index (χ1v) is 5.13. The molecule has 0 bridgehead atoms. The standard InChI is InChI=1S/C9H18ClNO2/c1-8(2)11(6-3-7-12)9(13)4-5-10/h8,12H,3-7H2,1-2H3. The molecule has 0 saturated heterocycles. The summed E-state index contributed by atoms with van der Waals surface area (Å²) in [4.78, 5) is 13.2. The molecule has 1 amide bonds. The molecule has 1 N–H and O–H groups in total. The van der Waals surface area contributed by atoms with Crippen LogP contribution in [0.1, 0.15) is 26.7 Å². The smallest absolute Gasteiger partial charge is 0.223 e. The highest BCUT2D eigenvalue weighted by molar-refractivity contribution is 6.18. The molecule has 0 spiro atoms. The van der Waals surface area contributed by atoms with Gasteiger partial charge in [0.2, 0.25) is 5.91 Å². The van der Waals surface area contributed by atoms with Gasteiger partial charge in [-0.3, -0.25) is 4.79 Å². The third-order valence-electron chi connectivity index (χ3n) is 1.81. The summed E-state index contributed by atoms with van der Waals surface area (Å²) in [5.41, 5.74) is 0. The molecule has 0 aliphatic carbocycles. The fraction of sp³-hybridized carbons (Fsp3) is 0.889. The second-order valence-electron chi connectivity index (χ2n) is 3.20. The van der Waals surface area contributed by atoms with E-state index in [-0.39, 0.29) is 18.6 Å². The Labute approximate surface area is 84.7 Å². The maximum atomic E-state index is 11.5. The van der Waals surface area contributed by atoms with Crippen molar-refractivity contribution in [3.8, 4) is 0 Å². The molecule has 78 valence electrons. The Hall–Kier alpha value is -0.280. The minimum absolute atomic E-state index is 0.0680. The number of aliphatic hydroxyl groups is 1. The molecule has 0 saturated carbocycles. The van der Waals surface area contributed by atoms with Crippen LogP contribution in [0.3, 0.4) is 0 Å². The van der Waals surface area contributed by atoms with Crippen LogP contribution in [0.25, 0.3) is 0 Å². The Morgan fingerprint density at radius 1 is 1.54 bits per heavy atom. The van der Waals surface area contributed by atoms with Crippen molar-refractivity contribution in [1.82, 2.24) is 4.90 Å². The summed E-state index contributed by atoms with van der Waals surface area (Å²) < 4.78 is 0. The molecule has 0 aliphatic rings. The van der Waals surface area contributed by atoms with Gasteiger partial charge in [0.15, 0.2) is 0 Å². The van der Waals surface area contributed by atoms with E-state index in [0.717, 1.165) is 0 Å². The second-order valence-corrected chi connectivity index (χ2v) is 3.57. The second kappa shape index (κ2) is 7.15. The van der Waals surface area contributed by atoms with Crippen LogP contribution in [0.5, 0.6) is 0 Å². The topological polar surface area (TPSA) is 40.5 Å². The highest BCUT2D eigenvalue weighted by Crippen LogP contribution is 2.03. The molecule has 0 rings (SSSR count). The van der Waals surface area contributed by atoms with E-state index in [1.54, 1.807) is 4.90 Å². The highest BCUT2D eigenvalue weighted by Gasteiger charge is 2.14. The Morgan fingerprint density at radius 2 is 2.15 bits per heavy atom. The predicted octanol–water partition coefficient (Wildman–Crippen LogP) is 1.23. The lowest BCUT2D eigenvalue weighted by atomic mass is 10.2. The minimum Gasteiger partial charge on any atom is -0.396 e. The number of aliphatic hydroxyl groups excluding tert-OH is 1. The van der Waals surface area contributed by atoms with Gasteiger partial charge in [0.05, 0.1) is 0 Å². The van der Waals surface area contributed by atoms with Gasteiger partial charge in [-0.05, 0) is 20.3 Å². The summed E-state index contributed by atoms with van der Waals surface area (Å²) in [6.45, 7) is 4.66. The molecule has 0 aromatic rings. The lowest BCUT2D eigenvalue weighted by Gasteiger charge is -2.26. The normalized spacial score (nSPS) is 10.5. The summed E-state index contributed by atoms with van der Waals surface area (Å²) in [6.07, 6.45) is 1.01. The molecular weight excluding hydrogens is 190 g/mol. The van der Waals surface area contributed by atoms with E-state index in [0.29, 0.717) is 25.3 Å².